The summed E-state index contributed by atoms with van der Waals surface area (Å²) in [6, 6.07) is 1.82. The monoisotopic (exact) mass is 272 g/mol. The molecule has 0 amide bonds. The highest BCUT2D eigenvalue weighted by Crippen LogP contribution is 2.21. The van der Waals surface area contributed by atoms with E-state index in [1.165, 1.54) is 6.26 Å². The lowest BCUT2D eigenvalue weighted by Crippen LogP contribution is -2.09. The molecule has 0 radical (unpaired) electrons. The van der Waals surface area contributed by atoms with Crippen LogP contribution < -0.4 is 0 Å². The van der Waals surface area contributed by atoms with Gasteiger partial charge in [-0.2, -0.15) is 10.2 Å². The molecule has 1 rings (SSSR count). The minimum Gasteiger partial charge on any atom is -0.388 e. The lowest BCUT2D eigenvalue weighted by Gasteiger charge is -2.14. The molecule has 1 atom stereocenters. The van der Waals surface area contributed by atoms with Crippen LogP contribution in [0.1, 0.15) is 42.8 Å². The molecule has 0 aliphatic carbocycles. The van der Waals surface area contributed by atoms with E-state index in [1.54, 1.807) is 0 Å². The normalized spacial score (nSPS) is 13.6. The minimum absolute atomic E-state index is 0.100. The summed E-state index contributed by atoms with van der Waals surface area (Å²) in [5.41, 5.74) is 2.29. The number of aliphatic hydroxyl groups is 1. The Balaban J connectivity index is 2.71. The van der Waals surface area contributed by atoms with Gasteiger partial charge in [-0.15, -0.1) is 0 Å². The fourth-order valence-corrected chi connectivity index (χ4v) is 2.48. The van der Waals surface area contributed by atoms with Crippen molar-refractivity contribution in [3.05, 3.63) is 23.0 Å². The van der Waals surface area contributed by atoms with Crippen LogP contribution in [0.25, 0.3) is 0 Å². The third kappa shape index (κ3) is 4.70. The predicted octanol–water partition coefficient (Wildman–Crippen LogP) is 1.21. The van der Waals surface area contributed by atoms with Crippen molar-refractivity contribution in [3.63, 3.8) is 0 Å². The second-order valence-corrected chi connectivity index (χ2v) is 6.79. The molecule has 0 saturated carbocycles. The molecule has 5 nitrogen and oxygen atoms in total. The Hall–Kier alpha value is -1.01. The Labute approximate surface area is 108 Å². The summed E-state index contributed by atoms with van der Waals surface area (Å²) >= 11 is 0. The lowest BCUT2D eigenvalue weighted by molar-refractivity contribution is 0.165. The van der Waals surface area contributed by atoms with Crippen molar-refractivity contribution in [2.45, 2.75) is 39.2 Å². The molecule has 18 heavy (non-hydrogen) atoms. The Morgan fingerprint density at radius 3 is 2.61 bits per heavy atom. The number of hydrogen-bond acceptors (Lipinski definition) is 5. The van der Waals surface area contributed by atoms with E-state index >= 15 is 0 Å². The molecule has 0 aliphatic rings. The maximum absolute atomic E-state index is 11.0. The minimum atomic E-state index is -2.96. The summed E-state index contributed by atoms with van der Waals surface area (Å²) in [6.45, 7) is 3.77. The first-order valence-electron chi connectivity index (χ1n) is 6.02. The molecule has 6 heteroatoms. The zero-order valence-corrected chi connectivity index (χ0v) is 11.9. The number of aryl methyl sites for hydroxylation is 2. The number of nitrogens with zero attached hydrogens (tertiary/aromatic N) is 2. The summed E-state index contributed by atoms with van der Waals surface area (Å²) in [5.74, 6) is 0.100. The van der Waals surface area contributed by atoms with E-state index in [4.69, 9.17) is 0 Å². The summed E-state index contributed by atoms with van der Waals surface area (Å²) < 4.78 is 22.0. The van der Waals surface area contributed by atoms with Gasteiger partial charge in [0, 0.05) is 17.6 Å². The second-order valence-electron chi connectivity index (χ2n) is 4.53. The molecule has 1 heterocycles. The number of sulfone groups is 1. The largest absolute Gasteiger partial charge is 0.388 e. The molecular formula is C12H20N2O3S. The average Bonchev–Trinajstić information content (AvgIpc) is 2.27. The number of aromatic nitrogens is 2. The van der Waals surface area contributed by atoms with E-state index < -0.39 is 15.9 Å². The topological polar surface area (TPSA) is 80.2 Å². The van der Waals surface area contributed by atoms with Crippen molar-refractivity contribution < 1.29 is 13.5 Å². The van der Waals surface area contributed by atoms with Crippen molar-refractivity contribution in [1.82, 2.24) is 10.2 Å². The van der Waals surface area contributed by atoms with Gasteiger partial charge in [-0.05, 0) is 32.3 Å². The Kier molecular flexibility index (Phi) is 5.22. The van der Waals surface area contributed by atoms with Crippen LogP contribution in [0.2, 0.25) is 0 Å². The van der Waals surface area contributed by atoms with Gasteiger partial charge in [-0.25, -0.2) is 8.42 Å². The lowest BCUT2D eigenvalue weighted by atomic mass is 10.0. The van der Waals surface area contributed by atoms with Gasteiger partial charge in [0.2, 0.25) is 0 Å². The molecule has 0 aliphatic heterocycles. The molecule has 1 unspecified atom stereocenters. The number of hydrogen-bond donors (Lipinski definition) is 1. The second kappa shape index (κ2) is 6.24. The fraction of sp³-hybridized carbons (Fsp3) is 0.667. The molecule has 102 valence electrons. The maximum atomic E-state index is 11.0. The highest BCUT2D eigenvalue weighted by atomic mass is 32.2. The summed E-state index contributed by atoms with van der Waals surface area (Å²) in [4.78, 5) is 0. The van der Waals surface area contributed by atoms with Gasteiger partial charge in [-0.1, -0.05) is 6.92 Å². The van der Waals surface area contributed by atoms with Crippen molar-refractivity contribution in [3.8, 4) is 0 Å². The molecule has 0 bridgehead atoms. The smallest absolute Gasteiger partial charge is 0.147 e. The van der Waals surface area contributed by atoms with Crippen LogP contribution >= 0.6 is 0 Å². The first-order chi connectivity index (χ1) is 8.33. The molecular weight excluding hydrogens is 252 g/mol. The van der Waals surface area contributed by atoms with Gasteiger partial charge in [0.15, 0.2) is 0 Å². The standard InChI is InChI=1S/C12H20N2O3S/c1-4-11-10(8-9(2)13-14-11)12(15)6-5-7-18(3,16)17/h8,12,15H,4-7H2,1-3H3. The van der Waals surface area contributed by atoms with Crippen LogP contribution in [0.3, 0.4) is 0 Å². The summed E-state index contributed by atoms with van der Waals surface area (Å²) in [5, 5.41) is 18.1. The van der Waals surface area contributed by atoms with Crippen LogP contribution in [-0.2, 0) is 16.3 Å². The number of aliphatic hydroxyl groups excluding tert-OH is 1. The zero-order chi connectivity index (χ0) is 13.8. The van der Waals surface area contributed by atoms with Crippen molar-refractivity contribution >= 4 is 9.84 Å². The summed E-state index contributed by atoms with van der Waals surface area (Å²) in [6.07, 6.45) is 2.10. The Morgan fingerprint density at radius 2 is 2.06 bits per heavy atom. The summed E-state index contributed by atoms with van der Waals surface area (Å²) in [7, 11) is -2.96. The van der Waals surface area contributed by atoms with Gasteiger partial charge < -0.3 is 5.11 Å². The van der Waals surface area contributed by atoms with E-state index in [2.05, 4.69) is 10.2 Å². The quantitative estimate of drug-likeness (QED) is 0.841. The average molecular weight is 272 g/mol. The van der Waals surface area contributed by atoms with E-state index in [0.717, 1.165) is 17.0 Å². The van der Waals surface area contributed by atoms with Crippen molar-refractivity contribution in [2.24, 2.45) is 0 Å². The first kappa shape index (κ1) is 15.0. The van der Waals surface area contributed by atoms with E-state index in [1.807, 2.05) is 19.9 Å². The Bertz CT molecular complexity index is 500. The van der Waals surface area contributed by atoms with Crippen molar-refractivity contribution in [1.29, 1.82) is 0 Å². The van der Waals surface area contributed by atoms with E-state index in [0.29, 0.717) is 19.3 Å². The molecule has 1 N–H and O–H groups in total. The third-order valence-electron chi connectivity index (χ3n) is 2.71. The van der Waals surface area contributed by atoms with Gasteiger partial charge in [0.05, 0.1) is 17.5 Å². The fourth-order valence-electron chi connectivity index (χ4n) is 1.79. The van der Waals surface area contributed by atoms with Gasteiger partial charge in [0.25, 0.3) is 0 Å². The van der Waals surface area contributed by atoms with Gasteiger partial charge >= 0.3 is 0 Å². The van der Waals surface area contributed by atoms with Crippen LogP contribution in [0.15, 0.2) is 6.07 Å². The molecule has 1 aromatic heterocycles. The highest BCUT2D eigenvalue weighted by Gasteiger charge is 2.14. The highest BCUT2D eigenvalue weighted by molar-refractivity contribution is 7.90. The predicted molar refractivity (Wildman–Crippen MR) is 70.1 cm³/mol. The third-order valence-corrected chi connectivity index (χ3v) is 3.74. The van der Waals surface area contributed by atoms with Crippen LogP contribution in [0.4, 0.5) is 0 Å². The van der Waals surface area contributed by atoms with Crippen LogP contribution in [0.5, 0.6) is 0 Å². The zero-order valence-electron chi connectivity index (χ0n) is 11.0. The Morgan fingerprint density at radius 1 is 1.39 bits per heavy atom. The van der Waals surface area contributed by atoms with E-state index in [9.17, 15) is 13.5 Å². The van der Waals surface area contributed by atoms with Gasteiger partial charge in [0.1, 0.15) is 9.84 Å². The first-order valence-corrected chi connectivity index (χ1v) is 8.08. The van der Waals surface area contributed by atoms with Crippen LogP contribution in [-0.4, -0.2) is 35.7 Å². The van der Waals surface area contributed by atoms with E-state index in [-0.39, 0.29) is 5.75 Å². The molecule has 0 fully saturated rings. The van der Waals surface area contributed by atoms with Crippen LogP contribution in [0, 0.1) is 6.92 Å². The molecule has 1 aromatic rings. The van der Waals surface area contributed by atoms with Crippen molar-refractivity contribution in [2.75, 3.05) is 12.0 Å². The molecule has 0 spiro atoms. The SMILES string of the molecule is CCc1nnc(C)cc1C(O)CCCS(C)(=O)=O. The van der Waals surface area contributed by atoms with Gasteiger partial charge in [-0.3, -0.25) is 0 Å². The molecule has 0 saturated heterocycles. The number of rotatable bonds is 6. The molecule has 0 aromatic carbocycles. The maximum Gasteiger partial charge on any atom is 0.147 e.